The molecule has 11 heteroatoms. The third kappa shape index (κ3) is 7.22. The predicted molar refractivity (Wildman–Crippen MR) is 67.1 cm³/mol. The van der Waals surface area contributed by atoms with Crippen molar-refractivity contribution in [2.24, 2.45) is 0 Å². The van der Waals surface area contributed by atoms with Crippen LogP contribution in [0, 0.1) is 0 Å². The smallest absolute Gasteiger partial charge is 0.383 e. The van der Waals surface area contributed by atoms with E-state index < -0.39 is 31.8 Å². The van der Waals surface area contributed by atoms with Crippen molar-refractivity contribution in [2.75, 3.05) is 0 Å². The molecule has 17 heavy (non-hydrogen) atoms. The van der Waals surface area contributed by atoms with Gasteiger partial charge in [0.1, 0.15) is 0 Å². The average molecular weight is 324 g/mol. The Balaban J connectivity index is 2.59. The molecule has 0 bridgehead atoms. The normalized spacial score (nSPS) is 34.3. The Bertz CT molecular complexity index is 320. The van der Waals surface area contributed by atoms with Gasteiger partial charge in [-0.1, -0.05) is 12.2 Å². The lowest BCUT2D eigenvalue weighted by Crippen LogP contribution is -2.34. The van der Waals surface area contributed by atoms with E-state index in [0.29, 0.717) is 0 Å². The van der Waals surface area contributed by atoms with E-state index in [1.807, 2.05) is 0 Å². The molecule has 1 rings (SSSR count). The fourth-order valence-electron chi connectivity index (χ4n) is 1.75. The second-order valence-electron chi connectivity index (χ2n) is 3.80. The topological polar surface area (TPSA) is 116 Å². The molecule has 0 aliphatic heterocycles. The van der Waals surface area contributed by atoms with Crippen molar-refractivity contribution >= 4 is 37.6 Å². The third-order valence-electron chi connectivity index (χ3n) is 2.17. The number of hydrogen-bond donors (Lipinski definition) is 5. The minimum Gasteiger partial charge on any atom is -0.393 e. The van der Waals surface area contributed by atoms with E-state index in [2.05, 4.69) is 24.1 Å². The fourth-order valence-corrected chi connectivity index (χ4v) is 3.64. The molecule has 1 saturated carbocycles. The zero-order valence-electron chi connectivity index (χ0n) is 8.62. The first kappa shape index (κ1) is 16.0. The summed E-state index contributed by atoms with van der Waals surface area (Å²) in [5.74, 6) is 0. The van der Waals surface area contributed by atoms with Crippen molar-refractivity contribution in [3.8, 4) is 0 Å². The molecule has 4 atom stereocenters. The Kier molecular flexibility index (Phi) is 5.63. The highest BCUT2D eigenvalue weighted by molar-refractivity contribution is 8.44. The number of aliphatic hydroxyl groups excluding tert-OH is 1. The first-order chi connectivity index (χ1) is 7.55. The molecule has 4 N–H and O–H groups in total. The van der Waals surface area contributed by atoms with Gasteiger partial charge in [0.05, 0.1) is 18.3 Å². The van der Waals surface area contributed by atoms with Crippen molar-refractivity contribution in [1.82, 2.24) is 0 Å². The number of thiol groups is 1. The largest absolute Gasteiger partial charge is 0.393 e. The highest BCUT2D eigenvalue weighted by atomic mass is 32.7. The maximum absolute atomic E-state index is 10.9. The number of hydrogen-bond acceptors (Lipinski definition) is 5. The Morgan fingerprint density at radius 3 is 2.00 bits per heavy atom. The minimum absolute atomic E-state index is 0.141. The van der Waals surface area contributed by atoms with Crippen LogP contribution in [0.1, 0.15) is 19.3 Å². The highest BCUT2D eigenvalue weighted by Gasteiger charge is 2.34. The molecule has 102 valence electrons. The Morgan fingerprint density at radius 1 is 1.12 bits per heavy atom. The van der Waals surface area contributed by atoms with Crippen LogP contribution in [0.25, 0.3) is 0 Å². The number of aliphatic hydroxyl groups is 1. The van der Waals surface area contributed by atoms with Gasteiger partial charge < -0.3 is 24.3 Å². The zero-order valence-corrected chi connectivity index (χ0v) is 12.1. The third-order valence-corrected chi connectivity index (χ3v) is 3.86. The summed E-state index contributed by atoms with van der Waals surface area (Å²) in [4.78, 5) is 26.9. The molecule has 1 aliphatic carbocycles. The Labute approximate surface area is 109 Å². The lowest BCUT2D eigenvalue weighted by Gasteiger charge is -2.32. The molecule has 2 unspecified atom stereocenters. The molecule has 0 aromatic carbocycles. The quantitative estimate of drug-likeness (QED) is 0.376. The van der Waals surface area contributed by atoms with Crippen LogP contribution in [-0.4, -0.2) is 38.1 Å². The van der Waals surface area contributed by atoms with Crippen LogP contribution < -0.4 is 0 Å². The maximum atomic E-state index is 10.9. The van der Waals surface area contributed by atoms with Gasteiger partial charge in [-0.2, -0.15) is 0 Å². The van der Waals surface area contributed by atoms with Gasteiger partial charge in [0.25, 0.3) is 0 Å². The first-order valence-electron chi connectivity index (χ1n) is 4.71. The zero-order chi connectivity index (χ0) is 13.3. The van der Waals surface area contributed by atoms with Crippen LogP contribution in [0.5, 0.6) is 0 Å². The summed E-state index contributed by atoms with van der Waals surface area (Å²) < 4.78 is 20.5. The summed E-state index contributed by atoms with van der Waals surface area (Å²) in [7, 11) is 0. The first-order valence-corrected chi connectivity index (χ1v) is 10.1. The molecule has 0 spiro atoms. The van der Waals surface area contributed by atoms with Crippen molar-refractivity contribution in [3.63, 3.8) is 0 Å². The van der Waals surface area contributed by atoms with E-state index >= 15 is 0 Å². The van der Waals surface area contributed by atoms with E-state index in [9.17, 15) is 9.67 Å². The summed E-state index contributed by atoms with van der Waals surface area (Å²) in [5, 5.41) is 9.50. The van der Waals surface area contributed by atoms with Gasteiger partial charge in [-0.3, -0.25) is 4.52 Å². The maximum Gasteiger partial charge on any atom is 0.383 e. The van der Waals surface area contributed by atoms with Crippen LogP contribution in [0.4, 0.5) is 0 Å². The van der Waals surface area contributed by atoms with Crippen molar-refractivity contribution in [2.45, 2.75) is 37.6 Å². The molecule has 0 radical (unpaired) electrons. The standard InChI is InChI=1S/C6H14O7P2S2/c7-4-1-5(12-14(8,9)16)3-6(2-4)13-15(10,11)17/h4-7H,1-3H2,(H2,8,9,16)(H2,10,11,17)/t5-,6-/m1/s1. The van der Waals surface area contributed by atoms with Crippen molar-refractivity contribution in [1.29, 1.82) is 0 Å². The minimum atomic E-state index is -3.95. The lowest BCUT2D eigenvalue weighted by molar-refractivity contribution is -0.0105. The van der Waals surface area contributed by atoms with Crippen LogP contribution in [0.2, 0.25) is 0 Å². The van der Waals surface area contributed by atoms with Gasteiger partial charge in [-0.05, 0) is 11.8 Å². The molecule has 1 fully saturated rings. The number of rotatable bonds is 4. The monoisotopic (exact) mass is 324 g/mol. The summed E-state index contributed by atoms with van der Waals surface area (Å²) in [6, 6.07) is 0. The molecule has 0 amide bonds. The van der Waals surface area contributed by atoms with Crippen LogP contribution in [-0.2, 0) is 25.4 Å². The van der Waals surface area contributed by atoms with E-state index in [1.54, 1.807) is 0 Å². The van der Waals surface area contributed by atoms with Gasteiger partial charge in [-0.15, -0.1) is 0 Å². The molecule has 0 aromatic rings. The van der Waals surface area contributed by atoms with Gasteiger partial charge in [0.15, 0.2) is 0 Å². The Morgan fingerprint density at radius 2 is 1.59 bits per heavy atom. The van der Waals surface area contributed by atoms with E-state index in [0.717, 1.165) is 0 Å². The van der Waals surface area contributed by atoms with Crippen molar-refractivity contribution in [3.05, 3.63) is 0 Å². The summed E-state index contributed by atoms with van der Waals surface area (Å²) in [6.45, 7) is -7.77. The predicted octanol–water partition coefficient (Wildman–Crippen LogP) is 0.541. The van der Waals surface area contributed by atoms with Crippen LogP contribution in [0.3, 0.4) is 0 Å². The van der Waals surface area contributed by atoms with E-state index in [-0.39, 0.29) is 19.3 Å². The van der Waals surface area contributed by atoms with Gasteiger partial charge in [-0.25, -0.2) is 4.57 Å². The molecular weight excluding hydrogens is 310 g/mol. The van der Waals surface area contributed by atoms with Gasteiger partial charge in [0, 0.05) is 19.3 Å². The highest BCUT2D eigenvalue weighted by Crippen LogP contribution is 2.50. The molecule has 0 aromatic heterocycles. The Hall–Kier alpha value is 0.990. The van der Waals surface area contributed by atoms with Gasteiger partial charge in [0.2, 0.25) is 0 Å². The fraction of sp³-hybridized carbons (Fsp3) is 1.00. The molecule has 0 heterocycles. The van der Waals surface area contributed by atoms with Crippen LogP contribution in [0.15, 0.2) is 0 Å². The molecule has 0 saturated heterocycles. The second-order valence-corrected chi connectivity index (χ2v) is 9.12. The second kappa shape index (κ2) is 5.96. The van der Waals surface area contributed by atoms with Crippen molar-refractivity contribution < 1.29 is 33.4 Å². The lowest BCUT2D eigenvalue weighted by atomic mass is 9.93. The SMILES string of the molecule is O=P(O)(S)O[C@@H]1CC(O)C[C@@H](OP(O)(O)=S)C1. The molecule has 1 aliphatic rings. The molecular formula is C6H14O7P2S2. The summed E-state index contributed by atoms with van der Waals surface area (Å²) in [6.07, 6.45) is -1.81. The van der Waals surface area contributed by atoms with Gasteiger partial charge >= 0.3 is 13.5 Å². The van der Waals surface area contributed by atoms with E-state index in [1.165, 1.54) is 0 Å². The average Bonchev–Trinajstić information content (AvgIpc) is 1.93. The van der Waals surface area contributed by atoms with Crippen LogP contribution >= 0.6 is 25.8 Å². The summed E-state index contributed by atoms with van der Waals surface area (Å²) >= 11 is 7.68. The summed E-state index contributed by atoms with van der Waals surface area (Å²) in [5.41, 5.74) is 0. The van der Waals surface area contributed by atoms with E-state index in [4.69, 9.17) is 23.7 Å². The molecule has 7 nitrogen and oxygen atoms in total.